The summed E-state index contributed by atoms with van der Waals surface area (Å²) in [5.74, 6) is 0.277. The Morgan fingerprint density at radius 3 is 2.60 bits per heavy atom. The maximum absolute atomic E-state index is 12.3. The lowest BCUT2D eigenvalue weighted by atomic mass is 10.2. The summed E-state index contributed by atoms with van der Waals surface area (Å²) in [4.78, 5) is 28.8. The van der Waals surface area contributed by atoms with Gasteiger partial charge in [0.05, 0.1) is 17.3 Å². The third-order valence-corrected chi connectivity index (χ3v) is 4.15. The van der Waals surface area contributed by atoms with Crippen LogP contribution < -0.4 is 5.56 Å². The molecule has 5 heteroatoms. The zero-order valence-corrected chi connectivity index (χ0v) is 14.4. The number of carbonyl (C=O) groups excluding carboxylic acids is 1. The molecule has 0 atom stereocenters. The van der Waals surface area contributed by atoms with Crippen LogP contribution in [0.4, 0.5) is 0 Å². The van der Waals surface area contributed by atoms with E-state index in [-0.39, 0.29) is 24.6 Å². The van der Waals surface area contributed by atoms with Crippen LogP contribution in [0.5, 0.6) is 0 Å². The minimum Gasteiger partial charge on any atom is -0.461 e. The van der Waals surface area contributed by atoms with E-state index in [0.29, 0.717) is 23.1 Å². The van der Waals surface area contributed by atoms with Crippen molar-refractivity contribution in [1.29, 1.82) is 0 Å². The van der Waals surface area contributed by atoms with Crippen molar-refractivity contribution in [2.24, 2.45) is 7.05 Å². The third kappa shape index (κ3) is 3.94. The van der Waals surface area contributed by atoms with E-state index in [9.17, 15) is 9.59 Å². The Morgan fingerprint density at radius 2 is 1.84 bits per heavy atom. The molecular formula is C20H20N2O3. The lowest BCUT2D eigenvalue weighted by Crippen LogP contribution is -2.23. The summed E-state index contributed by atoms with van der Waals surface area (Å²) in [7, 11) is 1.68. The van der Waals surface area contributed by atoms with Crippen LogP contribution in [0.2, 0.25) is 0 Å². The van der Waals surface area contributed by atoms with Crippen molar-refractivity contribution in [1.82, 2.24) is 9.55 Å². The number of aryl methyl sites for hydroxylation is 2. The van der Waals surface area contributed by atoms with Crippen LogP contribution in [-0.2, 0) is 29.6 Å². The van der Waals surface area contributed by atoms with Crippen molar-refractivity contribution in [3.63, 3.8) is 0 Å². The molecule has 0 unspecified atom stereocenters. The molecule has 0 spiro atoms. The highest BCUT2D eigenvalue weighted by Gasteiger charge is 2.11. The smallest absolute Gasteiger partial charge is 0.306 e. The number of fused-ring (bicyclic) bond motifs is 1. The average molecular weight is 336 g/mol. The Bertz CT molecular complexity index is 959. The topological polar surface area (TPSA) is 61.2 Å². The summed E-state index contributed by atoms with van der Waals surface area (Å²) in [6.45, 7) is 2.26. The fourth-order valence-electron chi connectivity index (χ4n) is 2.62. The van der Waals surface area contributed by atoms with Crippen LogP contribution in [0.1, 0.15) is 23.4 Å². The summed E-state index contributed by atoms with van der Waals surface area (Å²) in [6, 6.07) is 15.1. The molecule has 0 aliphatic heterocycles. The van der Waals surface area contributed by atoms with Gasteiger partial charge in [-0.25, -0.2) is 4.98 Å². The van der Waals surface area contributed by atoms with Crippen molar-refractivity contribution < 1.29 is 9.53 Å². The van der Waals surface area contributed by atoms with Gasteiger partial charge in [-0.05, 0) is 24.6 Å². The summed E-state index contributed by atoms with van der Waals surface area (Å²) in [5, 5.41) is 0.579. The molecule has 3 rings (SSSR count). The molecule has 5 nitrogen and oxygen atoms in total. The van der Waals surface area contributed by atoms with E-state index in [0.717, 1.165) is 5.56 Å². The molecule has 0 aliphatic rings. The van der Waals surface area contributed by atoms with Gasteiger partial charge in [0, 0.05) is 13.5 Å². The van der Waals surface area contributed by atoms with E-state index in [4.69, 9.17) is 4.74 Å². The van der Waals surface area contributed by atoms with E-state index >= 15 is 0 Å². The predicted octanol–water partition coefficient (Wildman–Crippen LogP) is 2.92. The van der Waals surface area contributed by atoms with Crippen LogP contribution in [0.3, 0.4) is 0 Å². The molecule has 0 N–H and O–H groups in total. The van der Waals surface area contributed by atoms with Gasteiger partial charge in [-0.2, -0.15) is 0 Å². The number of rotatable bonds is 5. The molecule has 3 aromatic rings. The number of carbonyl (C=O) groups is 1. The van der Waals surface area contributed by atoms with E-state index in [1.54, 1.807) is 19.2 Å². The third-order valence-electron chi connectivity index (χ3n) is 4.15. The van der Waals surface area contributed by atoms with Crippen molar-refractivity contribution in [2.45, 2.75) is 26.4 Å². The second kappa shape index (κ2) is 7.30. The second-order valence-electron chi connectivity index (χ2n) is 6.06. The van der Waals surface area contributed by atoms with Gasteiger partial charge >= 0.3 is 5.97 Å². The Hall–Kier alpha value is -2.95. The quantitative estimate of drug-likeness (QED) is 0.672. The number of ether oxygens (including phenoxy) is 1. The lowest BCUT2D eigenvalue weighted by Gasteiger charge is -2.09. The van der Waals surface area contributed by atoms with E-state index in [1.165, 1.54) is 10.1 Å². The SMILES string of the molecule is Cc1ccc(COC(=O)CCc2nc3ccccc3c(=O)n2C)cc1. The first-order valence-electron chi connectivity index (χ1n) is 8.20. The molecule has 0 bridgehead atoms. The highest BCUT2D eigenvalue weighted by atomic mass is 16.5. The van der Waals surface area contributed by atoms with Gasteiger partial charge in [-0.3, -0.25) is 14.2 Å². The fraction of sp³-hybridized carbons (Fsp3) is 0.250. The largest absolute Gasteiger partial charge is 0.461 e. The van der Waals surface area contributed by atoms with Crippen LogP contribution in [0.15, 0.2) is 53.3 Å². The number of para-hydroxylation sites is 1. The number of esters is 1. The zero-order chi connectivity index (χ0) is 17.8. The molecular weight excluding hydrogens is 316 g/mol. The minimum absolute atomic E-state index is 0.103. The Labute approximate surface area is 145 Å². The summed E-state index contributed by atoms with van der Waals surface area (Å²) >= 11 is 0. The maximum Gasteiger partial charge on any atom is 0.306 e. The van der Waals surface area contributed by atoms with Gasteiger partial charge in [-0.15, -0.1) is 0 Å². The highest BCUT2D eigenvalue weighted by Crippen LogP contribution is 2.09. The van der Waals surface area contributed by atoms with Crippen LogP contribution in [0.25, 0.3) is 10.9 Å². The fourth-order valence-corrected chi connectivity index (χ4v) is 2.62. The predicted molar refractivity (Wildman–Crippen MR) is 96.3 cm³/mol. The molecule has 128 valence electrons. The number of benzene rings is 2. The minimum atomic E-state index is -0.303. The number of hydrogen-bond acceptors (Lipinski definition) is 4. The van der Waals surface area contributed by atoms with Crippen LogP contribution in [0, 0.1) is 6.92 Å². The molecule has 0 saturated carbocycles. The van der Waals surface area contributed by atoms with Crippen LogP contribution >= 0.6 is 0 Å². The van der Waals surface area contributed by atoms with E-state index < -0.39 is 0 Å². The molecule has 0 amide bonds. The van der Waals surface area contributed by atoms with E-state index in [2.05, 4.69) is 4.98 Å². The molecule has 25 heavy (non-hydrogen) atoms. The van der Waals surface area contributed by atoms with Gasteiger partial charge in [-0.1, -0.05) is 42.0 Å². The highest BCUT2D eigenvalue weighted by molar-refractivity contribution is 5.77. The van der Waals surface area contributed by atoms with Crippen molar-refractivity contribution in [3.8, 4) is 0 Å². The average Bonchev–Trinajstić information content (AvgIpc) is 2.63. The lowest BCUT2D eigenvalue weighted by molar-refractivity contribution is -0.144. The Morgan fingerprint density at radius 1 is 1.12 bits per heavy atom. The molecule has 1 heterocycles. The second-order valence-corrected chi connectivity index (χ2v) is 6.06. The van der Waals surface area contributed by atoms with Crippen molar-refractivity contribution in [2.75, 3.05) is 0 Å². The molecule has 0 radical (unpaired) electrons. The molecule has 0 saturated heterocycles. The summed E-state index contributed by atoms with van der Waals surface area (Å²) in [6.07, 6.45) is 0.549. The van der Waals surface area contributed by atoms with Gasteiger partial charge in [0.2, 0.25) is 0 Å². The molecule has 0 aliphatic carbocycles. The molecule has 2 aromatic carbocycles. The first-order chi connectivity index (χ1) is 12.0. The number of aromatic nitrogens is 2. The molecule has 1 aromatic heterocycles. The Kier molecular flexibility index (Phi) is 4.93. The van der Waals surface area contributed by atoms with Crippen molar-refractivity contribution >= 4 is 16.9 Å². The Balaban J connectivity index is 1.64. The number of hydrogen-bond donors (Lipinski definition) is 0. The first kappa shape index (κ1) is 16.9. The van der Waals surface area contributed by atoms with Gasteiger partial charge in [0.25, 0.3) is 5.56 Å². The van der Waals surface area contributed by atoms with Gasteiger partial charge in [0.15, 0.2) is 0 Å². The maximum atomic E-state index is 12.3. The molecule has 0 fully saturated rings. The van der Waals surface area contributed by atoms with E-state index in [1.807, 2.05) is 43.3 Å². The van der Waals surface area contributed by atoms with Crippen LogP contribution in [-0.4, -0.2) is 15.5 Å². The standard InChI is InChI=1S/C20H20N2O3/c1-14-7-9-15(10-8-14)13-25-19(23)12-11-18-21-17-6-4-3-5-16(17)20(24)22(18)2/h3-10H,11-13H2,1-2H3. The normalized spacial score (nSPS) is 10.8. The first-order valence-corrected chi connectivity index (χ1v) is 8.20. The summed E-state index contributed by atoms with van der Waals surface area (Å²) in [5.41, 5.74) is 2.66. The number of nitrogens with zero attached hydrogens (tertiary/aromatic N) is 2. The summed E-state index contributed by atoms with van der Waals surface area (Å²) < 4.78 is 6.79. The zero-order valence-electron chi connectivity index (χ0n) is 14.4. The monoisotopic (exact) mass is 336 g/mol. The van der Waals surface area contributed by atoms with Gasteiger partial charge < -0.3 is 4.74 Å². The van der Waals surface area contributed by atoms with Crippen molar-refractivity contribution in [3.05, 3.63) is 75.8 Å². The van der Waals surface area contributed by atoms with Gasteiger partial charge in [0.1, 0.15) is 12.4 Å².